The monoisotopic (exact) mass is 432 g/mol. The molecule has 0 saturated carbocycles. The summed E-state index contributed by atoms with van der Waals surface area (Å²) >= 11 is 0.999. The fraction of sp³-hybridized carbons (Fsp3) is 0.200. The topological polar surface area (TPSA) is 51.5 Å². The zero-order valence-electron chi connectivity index (χ0n) is 17.6. The van der Waals surface area contributed by atoms with E-state index in [0.717, 1.165) is 40.0 Å². The molecule has 2 heterocycles. The fourth-order valence-electron chi connectivity index (χ4n) is 3.63. The van der Waals surface area contributed by atoms with Crippen molar-refractivity contribution in [2.45, 2.75) is 26.9 Å². The van der Waals surface area contributed by atoms with Crippen molar-refractivity contribution in [2.24, 2.45) is 0 Å². The van der Waals surface area contributed by atoms with Crippen molar-refractivity contribution < 1.29 is 14.3 Å². The van der Waals surface area contributed by atoms with Gasteiger partial charge in [-0.25, -0.2) is 0 Å². The lowest BCUT2D eigenvalue weighted by molar-refractivity contribution is -0.123. The van der Waals surface area contributed by atoms with Crippen molar-refractivity contribution in [3.8, 4) is 5.75 Å². The SMILES string of the molecule is Cc1cc(/C=C2\SC(=O)N(Cc3ccccc3)C2=O)c(C)n1CCOc1ccccc1. The minimum Gasteiger partial charge on any atom is -0.492 e. The summed E-state index contributed by atoms with van der Waals surface area (Å²) in [7, 11) is 0. The average Bonchev–Trinajstić information content (AvgIpc) is 3.19. The van der Waals surface area contributed by atoms with Crippen molar-refractivity contribution in [2.75, 3.05) is 6.61 Å². The number of ether oxygens (including phenoxy) is 1. The molecular weight excluding hydrogens is 408 g/mol. The summed E-state index contributed by atoms with van der Waals surface area (Å²) in [5, 5.41) is -0.231. The molecule has 4 rings (SSSR count). The predicted octanol–water partition coefficient (Wildman–Crippen LogP) is 5.42. The van der Waals surface area contributed by atoms with Gasteiger partial charge >= 0.3 is 0 Å². The van der Waals surface area contributed by atoms with Crippen LogP contribution >= 0.6 is 11.8 Å². The van der Waals surface area contributed by atoms with E-state index in [0.29, 0.717) is 24.6 Å². The number of nitrogens with zero attached hydrogens (tertiary/aromatic N) is 2. The first kappa shape index (κ1) is 21.0. The highest BCUT2D eigenvalue weighted by Gasteiger charge is 2.35. The largest absolute Gasteiger partial charge is 0.492 e. The van der Waals surface area contributed by atoms with E-state index in [1.807, 2.05) is 86.7 Å². The molecule has 6 heteroatoms. The van der Waals surface area contributed by atoms with E-state index in [1.165, 1.54) is 4.90 Å². The molecule has 1 fully saturated rings. The van der Waals surface area contributed by atoms with Crippen molar-refractivity contribution in [3.63, 3.8) is 0 Å². The van der Waals surface area contributed by atoms with Gasteiger partial charge in [-0.2, -0.15) is 0 Å². The van der Waals surface area contributed by atoms with Crippen LogP contribution in [0.15, 0.2) is 71.6 Å². The first-order valence-electron chi connectivity index (χ1n) is 10.2. The predicted molar refractivity (Wildman–Crippen MR) is 124 cm³/mol. The van der Waals surface area contributed by atoms with Crippen LogP contribution in [0, 0.1) is 13.8 Å². The minimum atomic E-state index is -0.240. The number of imide groups is 1. The Kier molecular flexibility index (Phi) is 6.28. The van der Waals surface area contributed by atoms with Gasteiger partial charge in [-0.3, -0.25) is 14.5 Å². The van der Waals surface area contributed by atoms with Gasteiger partial charge in [0.1, 0.15) is 12.4 Å². The van der Waals surface area contributed by atoms with Crippen LogP contribution in [-0.4, -0.2) is 27.2 Å². The molecule has 31 heavy (non-hydrogen) atoms. The van der Waals surface area contributed by atoms with Crippen LogP contribution in [0.4, 0.5) is 4.79 Å². The van der Waals surface area contributed by atoms with E-state index in [1.54, 1.807) is 0 Å². The summed E-state index contributed by atoms with van der Waals surface area (Å²) in [5.41, 5.74) is 4.01. The molecule has 2 aromatic carbocycles. The minimum absolute atomic E-state index is 0.231. The highest BCUT2D eigenvalue weighted by molar-refractivity contribution is 8.18. The molecule has 1 aromatic heterocycles. The number of aromatic nitrogens is 1. The van der Waals surface area contributed by atoms with E-state index in [-0.39, 0.29) is 11.1 Å². The van der Waals surface area contributed by atoms with Crippen LogP contribution in [0.5, 0.6) is 5.75 Å². The molecule has 0 atom stereocenters. The van der Waals surface area contributed by atoms with Crippen LogP contribution in [0.1, 0.15) is 22.5 Å². The Morgan fingerprint density at radius 3 is 2.35 bits per heavy atom. The van der Waals surface area contributed by atoms with Crippen molar-refractivity contribution in [3.05, 3.63) is 94.1 Å². The number of amides is 2. The van der Waals surface area contributed by atoms with E-state index in [9.17, 15) is 9.59 Å². The molecule has 1 aliphatic heterocycles. The first-order valence-corrected chi connectivity index (χ1v) is 11.0. The molecule has 3 aromatic rings. The number of rotatable bonds is 7. The Hall–Kier alpha value is -3.25. The van der Waals surface area contributed by atoms with Gasteiger partial charge in [0.15, 0.2) is 0 Å². The Morgan fingerprint density at radius 1 is 0.968 bits per heavy atom. The van der Waals surface area contributed by atoms with Crippen molar-refractivity contribution >= 4 is 29.0 Å². The number of para-hydroxylation sites is 1. The highest BCUT2D eigenvalue weighted by atomic mass is 32.2. The lowest BCUT2D eigenvalue weighted by atomic mass is 10.2. The molecule has 158 valence electrons. The van der Waals surface area contributed by atoms with Gasteiger partial charge in [0.05, 0.1) is 18.0 Å². The lowest BCUT2D eigenvalue weighted by Crippen LogP contribution is -2.27. The summed E-state index contributed by atoms with van der Waals surface area (Å²) in [6.07, 6.45) is 1.83. The van der Waals surface area contributed by atoms with Crippen LogP contribution in [0.2, 0.25) is 0 Å². The molecule has 1 saturated heterocycles. The number of carbonyl (C=O) groups excluding carboxylic acids is 2. The van der Waals surface area contributed by atoms with Crippen molar-refractivity contribution in [1.82, 2.24) is 9.47 Å². The van der Waals surface area contributed by atoms with E-state index < -0.39 is 0 Å². The van der Waals surface area contributed by atoms with Gasteiger partial charge in [-0.15, -0.1) is 0 Å². The van der Waals surface area contributed by atoms with Gasteiger partial charge < -0.3 is 9.30 Å². The molecule has 5 nitrogen and oxygen atoms in total. The Balaban J connectivity index is 1.46. The van der Waals surface area contributed by atoms with Crippen LogP contribution in [-0.2, 0) is 17.9 Å². The standard InChI is InChI=1S/C25H24N2O3S/c1-18-15-21(19(2)26(18)13-14-30-22-11-7-4-8-12-22)16-23-24(28)27(25(29)31-23)17-20-9-5-3-6-10-20/h3-12,15-16H,13-14,17H2,1-2H3/b23-16-. The van der Waals surface area contributed by atoms with Crippen molar-refractivity contribution in [1.29, 1.82) is 0 Å². The van der Waals surface area contributed by atoms with Crippen LogP contribution in [0.25, 0.3) is 6.08 Å². The molecule has 0 aliphatic carbocycles. The summed E-state index contributed by atoms with van der Waals surface area (Å²) in [4.78, 5) is 27.0. The van der Waals surface area contributed by atoms with Crippen LogP contribution < -0.4 is 4.74 Å². The van der Waals surface area contributed by atoms with Gasteiger partial charge in [0.2, 0.25) is 0 Å². The Labute approximate surface area is 186 Å². The molecule has 0 spiro atoms. The fourth-order valence-corrected chi connectivity index (χ4v) is 4.46. The third-order valence-electron chi connectivity index (χ3n) is 5.28. The second-order valence-corrected chi connectivity index (χ2v) is 8.39. The smallest absolute Gasteiger partial charge is 0.293 e. The molecule has 1 aliphatic rings. The third kappa shape index (κ3) is 4.75. The Bertz CT molecular complexity index is 1120. The Morgan fingerprint density at radius 2 is 1.65 bits per heavy atom. The zero-order chi connectivity index (χ0) is 21.8. The highest BCUT2D eigenvalue weighted by Crippen LogP contribution is 2.34. The maximum atomic E-state index is 12.8. The number of hydrogen-bond acceptors (Lipinski definition) is 4. The lowest BCUT2D eigenvalue weighted by Gasteiger charge is -2.12. The summed E-state index contributed by atoms with van der Waals surface area (Å²) in [6, 6.07) is 21.3. The molecule has 0 bridgehead atoms. The second kappa shape index (κ2) is 9.27. The van der Waals surface area contributed by atoms with E-state index >= 15 is 0 Å². The first-order chi connectivity index (χ1) is 15.0. The van der Waals surface area contributed by atoms with Gasteiger partial charge in [0.25, 0.3) is 11.1 Å². The zero-order valence-corrected chi connectivity index (χ0v) is 18.4. The maximum absolute atomic E-state index is 12.8. The molecule has 0 unspecified atom stereocenters. The summed E-state index contributed by atoms with van der Waals surface area (Å²) in [6.45, 7) is 5.60. The molecule has 0 radical (unpaired) electrons. The second-order valence-electron chi connectivity index (χ2n) is 7.39. The van der Waals surface area contributed by atoms with E-state index in [4.69, 9.17) is 4.74 Å². The normalized spacial score (nSPS) is 15.2. The van der Waals surface area contributed by atoms with Gasteiger partial charge in [-0.1, -0.05) is 48.5 Å². The summed E-state index contributed by atoms with van der Waals surface area (Å²) < 4.78 is 7.99. The number of hydrogen-bond donors (Lipinski definition) is 0. The third-order valence-corrected chi connectivity index (χ3v) is 6.19. The van der Waals surface area contributed by atoms with Crippen LogP contribution in [0.3, 0.4) is 0 Å². The quantitative estimate of drug-likeness (QED) is 0.468. The molecular formula is C25H24N2O3S. The number of carbonyl (C=O) groups is 2. The van der Waals surface area contributed by atoms with Gasteiger partial charge in [0, 0.05) is 11.4 Å². The molecule has 2 amide bonds. The number of thioether (sulfide) groups is 1. The maximum Gasteiger partial charge on any atom is 0.293 e. The summed E-state index contributed by atoms with van der Waals surface area (Å²) in [5.74, 6) is 0.605. The molecule has 0 N–H and O–H groups in total. The number of benzene rings is 2. The number of aryl methyl sites for hydroxylation is 1. The van der Waals surface area contributed by atoms with E-state index in [2.05, 4.69) is 4.57 Å². The average molecular weight is 433 g/mol. The van der Waals surface area contributed by atoms with Gasteiger partial charge in [-0.05, 0) is 61.0 Å².